The third kappa shape index (κ3) is 2.57. The summed E-state index contributed by atoms with van der Waals surface area (Å²) in [6.07, 6.45) is 4.66. The van der Waals surface area contributed by atoms with Gasteiger partial charge in [-0.05, 0) is 6.92 Å². The Hall–Kier alpha value is -2.15. The van der Waals surface area contributed by atoms with Crippen LogP contribution in [0.25, 0.3) is 0 Å². The van der Waals surface area contributed by atoms with Crippen LogP contribution < -0.4 is 5.32 Å². The molecule has 0 aliphatic heterocycles. The lowest BCUT2D eigenvalue weighted by Crippen LogP contribution is -1.99. The highest BCUT2D eigenvalue weighted by atomic mass is 35.5. The van der Waals surface area contributed by atoms with Crippen LogP contribution in [0.4, 0.5) is 17.2 Å². The molecule has 2 rings (SSSR count). The fraction of sp³-hybridized carbons (Fsp3) is 0.200. The molecule has 0 fully saturated rings. The first-order valence-electron chi connectivity index (χ1n) is 5.19. The van der Waals surface area contributed by atoms with Gasteiger partial charge in [-0.1, -0.05) is 11.6 Å². The zero-order valence-electron chi connectivity index (χ0n) is 9.50. The maximum absolute atomic E-state index is 10.9. The van der Waals surface area contributed by atoms with Crippen molar-refractivity contribution in [1.29, 1.82) is 0 Å². The van der Waals surface area contributed by atoms with Crippen molar-refractivity contribution >= 4 is 28.8 Å². The minimum Gasteiger partial charge on any atom is -0.332 e. The van der Waals surface area contributed by atoms with E-state index in [1.165, 1.54) is 12.3 Å². The molecule has 7 nitrogen and oxygen atoms in total. The van der Waals surface area contributed by atoms with E-state index in [0.717, 1.165) is 6.54 Å². The van der Waals surface area contributed by atoms with Crippen LogP contribution in [0.5, 0.6) is 0 Å². The minimum absolute atomic E-state index is 0.139. The van der Waals surface area contributed by atoms with E-state index in [-0.39, 0.29) is 16.5 Å². The summed E-state index contributed by atoms with van der Waals surface area (Å²) in [6.45, 7) is 2.66. The van der Waals surface area contributed by atoms with Crippen molar-refractivity contribution in [2.45, 2.75) is 13.5 Å². The van der Waals surface area contributed by atoms with E-state index in [2.05, 4.69) is 15.4 Å². The van der Waals surface area contributed by atoms with Gasteiger partial charge in [-0.25, -0.2) is 4.98 Å². The summed E-state index contributed by atoms with van der Waals surface area (Å²) in [5.74, 6) is 0.139. The van der Waals surface area contributed by atoms with Gasteiger partial charge in [-0.15, -0.1) is 0 Å². The van der Waals surface area contributed by atoms with Gasteiger partial charge in [-0.2, -0.15) is 5.10 Å². The van der Waals surface area contributed by atoms with Crippen LogP contribution in [0.1, 0.15) is 6.92 Å². The molecule has 18 heavy (non-hydrogen) atoms. The standard InChI is InChI=1S/C10H10ClN5O2/c1-2-15-6-8(5-13-15)14-10-9(16(17)18)3-7(11)4-12-10/h3-6H,2H2,1H3,(H,12,14). The van der Waals surface area contributed by atoms with E-state index >= 15 is 0 Å². The summed E-state index contributed by atoms with van der Waals surface area (Å²) in [4.78, 5) is 14.2. The van der Waals surface area contributed by atoms with E-state index in [4.69, 9.17) is 11.6 Å². The number of nitrogens with one attached hydrogen (secondary N) is 1. The van der Waals surface area contributed by atoms with Crippen molar-refractivity contribution in [2.24, 2.45) is 0 Å². The van der Waals surface area contributed by atoms with Crippen LogP contribution >= 0.6 is 11.6 Å². The van der Waals surface area contributed by atoms with Crippen molar-refractivity contribution < 1.29 is 4.92 Å². The van der Waals surface area contributed by atoms with Gasteiger partial charge in [0.2, 0.25) is 5.82 Å². The summed E-state index contributed by atoms with van der Waals surface area (Å²) in [5.41, 5.74) is 0.460. The Labute approximate surface area is 108 Å². The number of rotatable bonds is 4. The van der Waals surface area contributed by atoms with Crippen LogP contribution in [0.3, 0.4) is 0 Å². The van der Waals surface area contributed by atoms with Crippen molar-refractivity contribution in [1.82, 2.24) is 14.8 Å². The first-order valence-corrected chi connectivity index (χ1v) is 5.57. The van der Waals surface area contributed by atoms with Gasteiger partial charge >= 0.3 is 5.69 Å². The molecule has 0 atom stereocenters. The normalized spacial score (nSPS) is 10.3. The molecule has 0 unspecified atom stereocenters. The maximum Gasteiger partial charge on any atom is 0.313 e. The third-order valence-corrected chi connectivity index (χ3v) is 2.46. The number of nitrogens with zero attached hydrogens (tertiary/aromatic N) is 4. The summed E-state index contributed by atoms with van der Waals surface area (Å²) in [6, 6.07) is 1.25. The van der Waals surface area contributed by atoms with E-state index in [1.807, 2.05) is 6.92 Å². The van der Waals surface area contributed by atoms with Gasteiger partial charge in [-0.3, -0.25) is 14.8 Å². The molecule has 0 saturated carbocycles. The molecule has 0 aliphatic carbocycles. The second kappa shape index (κ2) is 5.01. The van der Waals surface area contributed by atoms with Gasteiger partial charge < -0.3 is 5.32 Å². The first-order chi connectivity index (χ1) is 8.60. The largest absolute Gasteiger partial charge is 0.332 e. The van der Waals surface area contributed by atoms with E-state index in [0.29, 0.717) is 5.69 Å². The second-order valence-corrected chi connectivity index (χ2v) is 3.92. The molecule has 94 valence electrons. The Kier molecular flexibility index (Phi) is 3.42. The summed E-state index contributed by atoms with van der Waals surface area (Å²) >= 11 is 5.68. The van der Waals surface area contributed by atoms with E-state index in [9.17, 15) is 10.1 Å². The number of aryl methyl sites for hydroxylation is 1. The summed E-state index contributed by atoms with van der Waals surface area (Å²) in [5, 5.41) is 18.0. The van der Waals surface area contributed by atoms with Crippen LogP contribution in [-0.2, 0) is 6.54 Å². The number of aromatic nitrogens is 3. The molecular formula is C10H10ClN5O2. The highest BCUT2D eigenvalue weighted by Gasteiger charge is 2.16. The average molecular weight is 268 g/mol. The molecule has 0 bridgehead atoms. The molecule has 2 aromatic rings. The smallest absolute Gasteiger partial charge is 0.313 e. The zero-order chi connectivity index (χ0) is 13.1. The van der Waals surface area contributed by atoms with E-state index < -0.39 is 4.92 Å². The molecule has 0 radical (unpaired) electrons. The van der Waals surface area contributed by atoms with Crippen molar-refractivity contribution in [2.75, 3.05) is 5.32 Å². The van der Waals surface area contributed by atoms with Gasteiger partial charge in [0.05, 0.1) is 21.8 Å². The first kappa shape index (κ1) is 12.3. The summed E-state index contributed by atoms with van der Waals surface area (Å²) in [7, 11) is 0. The SMILES string of the molecule is CCn1cc(Nc2ncc(Cl)cc2[N+](=O)[O-])cn1. The number of hydrogen-bond donors (Lipinski definition) is 1. The second-order valence-electron chi connectivity index (χ2n) is 3.49. The van der Waals surface area contributed by atoms with Crippen molar-refractivity contribution in [3.8, 4) is 0 Å². The number of hydrogen-bond acceptors (Lipinski definition) is 5. The highest BCUT2D eigenvalue weighted by Crippen LogP contribution is 2.27. The van der Waals surface area contributed by atoms with Crippen LogP contribution in [0.15, 0.2) is 24.7 Å². The molecule has 0 saturated heterocycles. The Bertz CT molecular complexity index is 583. The lowest BCUT2D eigenvalue weighted by molar-refractivity contribution is -0.384. The van der Waals surface area contributed by atoms with Crippen LogP contribution in [0, 0.1) is 10.1 Å². The maximum atomic E-state index is 10.9. The van der Waals surface area contributed by atoms with Crippen LogP contribution in [0.2, 0.25) is 5.02 Å². The van der Waals surface area contributed by atoms with Gasteiger partial charge in [0, 0.05) is 25.0 Å². The highest BCUT2D eigenvalue weighted by molar-refractivity contribution is 6.30. The Balaban J connectivity index is 2.30. The average Bonchev–Trinajstić information content (AvgIpc) is 2.79. The molecule has 0 aromatic carbocycles. The summed E-state index contributed by atoms with van der Waals surface area (Å²) < 4.78 is 1.70. The topological polar surface area (TPSA) is 85.9 Å². The molecule has 0 aliphatic rings. The van der Waals surface area contributed by atoms with Gasteiger partial charge in [0.25, 0.3) is 0 Å². The molecule has 8 heteroatoms. The van der Waals surface area contributed by atoms with Crippen LogP contribution in [-0.4, -0.2) is 19.7 Å². The van der Waals surface area contributed by atoms with Crippen molar-refractivity contribution in [3.63, 3.8) is 0 Å². The molecular weight excluding hydrogens is 258 g/mol. The molecule has 0 amide bonds. The Morgan fingerprint density at radius 3 is 2.94 bits per heavy atom. The fourth-order valence-electron chi connectivity index (χ4n) is 1.40. The molecule has 2 aromatic heterocycles. The monoisotopic (exact) mass is 267 g/mol. The Morgan fingerprint density at radius 1 is 1.56 bits per heavy atom. The third-order valence-electron chi connectivity index (χ3n) is 2.25. The zero-order valence-corrected chi connectivity index (χ0v) is 10.3. The molecule has 2 heterocycles. The van der Waals surface area contributed by atoms with Gasteiger partial charge in [0.15, 0.2) is 0 Å². The number of halogens is 1. The number of anilines is 2. The lowest BCUT2D eigenvalue weighted by atomic mass is 10.4. The quantitative estimate of drug-likeness (QED) is 0.680. The number of pyridine rings is 1. The predicted octanol–water partition coefficient (Wildman–Crippen LogP) is 2.60. The minimum atomic E-state index is -0.536. The molecule has 0 spiro atoms. The predicted molar refractivity (Wildman–Crippen MR) is 67.1 cm³/mol. The van der Waals surface area contributed by atoms with Gasteiger partial charge in [0.1, 0.15) is 0 Å². The van der Waals surface area contributed by atoms with Crippen molar-refractivity contribution in [3.05, 3.63) is 39.8 Å². The Morgan fingerprint density at radius 2 is 2.33 bits per heavy atom. The fourth-order valence-corrected chi connectivity index (χ4v) is 1.55. The lowest BCUT2D eigenvalue weighted by Gasteiger charge is -2.03. The van der Waals surface area contributed by atoms with E-state index in [1.54, 1.807) is 17.1 Å². The number of nitro groups is 1. The molecule has 1 N–H and O–H groups in total.